The average molecular weight is 657 g/mol. The van der Waals surface area contributed by atoms with E-state index < -0.39 is 21.7 Å². The zero-order valence-corrected chi connectivity index (χ0v) is 26.4. The lowest BCUT2D eigenvalue weighted by Gasteiger charge is -2.35. The smallest absolute Gasteiger partial charge is 0.394 e. The van der Waals surface area contributed by atoms with Crippen LogP contribution in [0.4, 0.5) is 5.69 Å². The first-order chi connectivity index (χ1) is 21.5. The first-order valence-corrected chi connectivity index (χ1v) is 16.4. The number of oxazole rings is 1. The van der Waals surface area contributed by atoms with Crippen molar-refractivity contribution in [1.29, 1.82) is 0 Å². The summed E-state index contributed by atoms with van der Waals surface area (Å²) in [6, 6.07) is 11.8. The molecule has 6 rings (SSSR count). The van der Waals surface area contributed by atoms with Crippen molar-refractivity contribution >= 4 is 44.6 Å². The van der Waals surface area contributed by atoms with Crippen molar-refractivity contribution in [2.24, 2.45) is 5.41 Å². The van der Waals surface area contributed by atoms with E-state index in [1.807, 2.05) is 4.90 Å². The van der Waals surface area contributed by atoms with Crippen LogP contribution in [0, 0.1) is 5.41 Å². The van der Waals surface area contributed by atoms with E-state index >= 15 is 0 Å². The summed E-state index contributed by atoms with van der Waals surface area (Å²) in [5.41, 5.74) is 2.13. The predicted octanol–water partition coefficient (Wildman–Crippen LogP) is 3.54. The Balaban J connectivity index is 1.13. The van der Waals surface area contributed by atoms with Gasteiger partial charge in [0.05, 0.1) is 25.1 Å². The van der Waals surface area contributed by atoms with E-state index in [1.54, 1.807) is 55.6 Å². The Hall–Kier alpha value is -3.98. The molecule has 1 saturated heterocycles. The third-order valence-corrected chi connectivity index (χ3v) is 9.71. The summed E-state index contributed by atoms with van der Waals surface area (Å²) in [5, 5.41) is 4.88. The van der Waals surface area contributed by atoms with E-state index in [0.29, 0.717) is 52.8 Å². The van der Waals surface area contributed by atoms with Crippen molar-refractivity contribution < 1.29 is 27.1 Å². The minimum absolute atomic E-state index is 0.0164. The predicted molar refractivity (Wildman–Crippen MR) is 167 cm³/mol. The monoisotopic (exact) mass is 656 g/mol. The molecule has 2 fully saturated rings. The van der Waals surface area contributed by atoms with Crippen LogP contribution in [0.1, 0.15) is 42.9 Å². The first-order valence-electron chi connectivity index (χ1n) is 14.6. The highest BCUT2D eigenvalue weighted by atomic mass is 35.5. The molecule has 45 heavy (non-hydrogen) atoms. The molecule has 1 saturated carbocycles. The molecule has 4 aromatic rings. The standard InChI is InChI=1S/C30H33ClN6O7S/c1-3-42-29(39)27-34-23-15-20(7-8-25(23)44-27)17-33-45(40,41)36-13-11-35(12-14-36)24-18-32-37(22-6-4-5-21(31)16-22)28(38)26(24)43-19-30(2)9-10-30/h4-8,15-16,18,33H,3,9-14,17,19H2,1-2H3. The number of benzene rings is 2. The number of esters is 1. The third kappa shape index (κ3) is 6.83. The fourth-order valence-electron chi connectivity index (χ4n) is 4.98. The average Bonchev–Trinajstić information content (AvgIpc) is 3.61. The molecule has 1 aliphatic carbocycles. The number of ether oxygens (including phenoxy) is 2. The number of hydrogen-bond acceptors (Lipinski definition) is 10. The topological polar surface area (TPSA) is 149 Å². The molecule has 0 bridgehead atoms. The van der Waals surface area contributed by atoms with Crippen LogP contribution in [0.3, 0.4) is 0 Å². The van der Waals surface area contributed by atoms with Crippen molar-refractivity contribution in [1.82, 2.24) is 23.8 Å². The molecular weight excluding hydrogens is 624 g/mol. The number of aromatic nitrogens is 3. The number of halogens is 1. The van der Waals surface area contributed by atoms with E-state index in [2.05, 4.69) is 21.7 Å². The number of piperazine rings is 1. The molecule has 1 aliphatic heterocycles. The Morgan fingerprint density at radius 1 is 1.13 bits per heavy atom. The van der Waals surface area contributed by atoms with Gasteiger partial charge in [-0.25, -0.2) is 9.78 Å². The van der Waals surface area contributed by atoms with Gasteiger partial charge in [-0.3, -0.25) is 4.79 Å². The van der Waals surface area contributed by atoms with E-state index in [9.17, 15) is 18.0 Å². The Labute approximate surface area is 264 Å². The van der Waals surface area contributed by atoms with Gasteiger partial charge in [-0.05, 0) is 55.7 Å². The van der Waals surface area contributed by atoms with Gasteiger partial charge < -0.3 is 18.8 Å². The minimum Gasteiger partial charge on any atom is -0.486 e. The van der Waals surface area contributed by atoms with Crippen molar-refractivity contribution in [3.8, 4) is 11.4 Å². The molecule has 13 nitrogen and oxygen atoms in total. The zero-order chi connectivity index (χ0) is 31.8. The molecule has 3 heterocycles. The maximum Gasteiger partial charge on any atom is 0.394 e. The van der Waals surface area contributed by atoms with Crippen molar-refractivity contribution in [2.45, 2.75) is 33.2 Å². The van der Waals surface area contributed by atoms with Gasteiger partial charge in [-0.15, -0.1) is 0 Å². The van der Waals surface area contributed by atoms with Gasteiger partial charge in [0.1, 0.15) is 11.2 Å². The Morgan fingerprint density at radius 3 is 2.62 bits per heavy atom. The quantitative estimate of drug-likeness (QED) is 0.238. The van der Waals surface area contributed by atoms with Crippen molar-refractivity contribution in [2.75, 3.05) is 44.3 Å². The summed E-state index contributed by atoms with van der Waals surface area (Å²) in [6.07, 6.45) is 3.64. The number of nitrogens with zero attached hydrogens (tertiary/aromatic N) is 5. The Morgan fingerprint density at radius 2 is 1.91 bits per heavy atom. The van der Waals surface area contributed by atoms with Gasteiger partial charge in [-0.1, -0.05) is 30.7 Å². The van der Waals surface area contributed by atoms with Crippen LogP contribution in [0.15, 0.2) is 57.9 Å². The fourth-order valence-corrected chi connectivity index (χ4v) is 6.34. The van der Waals surface area contributed by atoms with Crippen LogP contribution >= 0.6 is 11.6 Å². The summed E-state index contributed by atoms with van der Waals surface area (Å²) < 4.78 is 48.2. The van der Waals surface area contributed by atoms with E-state index in [-0.39, 0.29) is 43.3 Å². The number of hydrogen-bond donors (Lipinski definition) is 1. The largest absolute Gasteiger partial charge is 0.486 e. The summed E-state index contributed by atoms with van der Waals surface area (Å²) in [4.78, 5) is 31.6. The molecule has 2 aromatic heterocycles. The van der Waals surface area contributed by atoms with E-state index in [4.69, 9.17) is 25.5 Å². The molecule has 0 spiro atoms. The molecule has 2 aromatic carbocycles. The molecular formula is C30H33ClN6O7S. The van der Waals surface area contributed by atoms with Crippen LogP contribution in [0.2, 0.25) is 5.02 Å². The summed E-state index contributed by atoms with van der Waals surface area (Å²) in [7, 11) is -3.83. The van der Waals surface area contributed by atoms with Gasteiger partial charge in [-0.2, -0.15) is 27.2 Å². The second-order valence-corrected chi connectivity index (χ2v) is 13.6. The molecule has 1 N–H and O–H groups in total. The molecule has 0 unspecified atom stereocenters. The van der Waals surface area contributed by atoms with Gasteiger partial charge in [0.15, 0.2) is 5.58 Å². The van der Waals surface area contributed by atoms with Crippen LogP contribution < -0.4 is 19.9 Å². The molecule has 15 heteroatoms. The van der Waals surface area contributed by atoms with E-state index in [1.165, 1.54) is 8.99 Å². The normalized spacial score (nSPS) is 16.6. The molecule has 2 aliphatic rings. The van der Waals surface area contributed by atoms with Gasteiger partial charge in [0, 0.05) is 43.2 Å². The minimum atomic E-state index is -3.83. The Kier molecular flexibility index (Phi) is 8.57. The van der Waals surface area contributed by atoms with Gasteiger partial charge in [0.25, 0.3) is 10.2 Å². The van der Waals surface area contributed by atoms with Crippen molar-refractivity contribution in [3.63, 3.8) is 0 Å². The maximum absolute atomic E-state index is 13.6. The van der Waals surface area contributed by atoms with Gasteiger partial charge >= 0.3 is 17.4 Å². The maximum atomic E-state index is 13.6. The molecule has 238 valence electrons. The highest BCUT2D eigenvalue weighted by molar-refractivity contribution is 7.87. The molecule has 0 amide bonds. The number of carbonyl (C=O) groups excluding carboxylic acids is 1. The number of rotatable bonds is 11. The molecule has 0 atom stereocenters. The van der Waals surface area contributed by atoms with Crippen LogP contribution in [0.25, 0.3) is 16.8 Å². The lowest BCUT2D eigenvalue weighted by Crippen LogP contribution is -2.52. The lowest BCUT2D eigenvalue weighted by molar-refractivity contribution is 0.0483. The Bertz CT molecular complexity index is 1900. The van der Waals surface area contributed by atoms with Crippen LogP contribution in [0.5, 0.6) is 5.75 Å². The van der Waals surface area contributed by atoms with Crippen molar-refractivity contribution in [3.05, 3.63) is 75.5 Å². The lowest BCUT2D eigenvalue weighted by atomic mass is 10.2. The fraction of sp³-hybridized carbons (Fsp3) is 0.400. The van der Waals surface area contributed by atoms with Crippen LogP contribution in [-0.2, 0) is 21.5 Å². The number of fused-ring (bicyclic) bond motifs is 1. The molecule has 0 radical (unpaired) electrons. The number of anilines is 1. The summed E-state index contributed by atoms with van der Waals surface area (Å²) in [6.45, 7) is 5.45. The highest BCUT2D eigenvalue weighted by Crippen LogP contribution is 2.45. The SMILES string of the molecule is CCOC(=O)c1nc2cc(CNS(=O)(=O)N3CCN(c4cnn(-c5cccc(Cl)c5)c(=O)c4OCC4(C)CC4)CC3)ccc2o1. The number of nitrogens with one attached hydrogen (secondary N) is 1. The summed E-state index contributed by atoms with van der Waals surface area (Å²) in [5.74, 6) is -0.638. The van der Waals surface area contributed by atoms with E-state index in [0.717, 1.165) is 12.8 Å². The number of carbonyl (C=O) groups is 1. The first kappa shape index (κ1) is 31.0. The van der Waals surface area contributed by atoms with Gasteiger partial charge in [0.2, 0.25) is 5.75 Å². The second kappa shape index (κ2) is 12.4. The third-order valence-electron chi connectivity index (χ3n) is 7.92. The zero-order valence-electron chi connectivity index (χ0n) is 24.9. The summed E-state index contributed by atoms with van der Waals surface area (Å²) >= 11 is 6.16. The highest BCUT2D eigenvalue weighted by Gasteiger charge is 2.39. The van der Waals surface area contributed by atoms with Crippen LogP contribution in [-0.4, -0.2) is 72.8 Å². The second-order valence-electron chi connectivity index (χ2n) is 11.4.